The van der Waals surface area contributed by atoms with Gasteiger partial charge < -0.3 is 20.7 Å². The largest absolute Gasteiger partial charge is 0.495 e. The summed E-state index contributed by atoms with van der Waals surface area (Å²) < 4.78 is 5.08. The van der Waals surface area contributed by atoms with E-state index in [1.54, 1.807) is 49.6 Å². The summed E-state index contributed by atoms with van der Waals surface area (Å²) in [4.78, 5) is 23.9. The van der Waals surface area contributed by atoms with Crippen LogP contribution in [0, 0.1) is 0 Å². The molecule has 7 heteroatoms. The molecule has 0 saturated heterocycles. The summed E-state index contributed by atoms with van der Waals surface area (Å²) in [5, 5.41) is 9.04. The lowest BCUT2D eigenvalue weighted by Crippen LogP contribution is -2.30. The van der Waals surface area contributed by atoms with E-state index >= 15 is 0 Å². The Kier molecular flexibility index (Phi) is 6.86. The van der Waals surface area contributed by atoms with Crippen LogP contribution in [0.2, 0.25) is 5.02 Å². The molecule has 0 bridgehead atoms. The van der Waals surface area contributed by atoms with E-state index in [0.717, 1.165) is 0 Å². The standard InChI is InChI=1S/C19H22ClN3O3/c1-12(2)22-19(25)13-4-6-14(7-5-13)23-18(24)11-21-15-8-9-17(26-3)16(20)10-15/h4-10,12,21H,11H2,1-3H3,(H,22,25)(H,23,24). The Hall–Kier alpha value is -2.73. The number of ether oxygens (including phenoxy) is 1. The van der Waals surface area contributed by atoms with Crippen LogP contribution < -0.4 is 20.7 Å². The molecule has 0 aliphatic heterocycles. The van der Waals surface area contributed by atoms with Crippen molar-refractivity contribution in [2.24, 2.45) is 0 Å². The molecule has 2 aromatic rings. The second kappa shape index (κ2) is 9.10. The third kappa shape index (κ3) is 5.67. The van der Waals surface area contributed by atoms with Gasteiger partial charge in [0.25, 0.3) is 5.91 Å². The maximum atomic E-state index is 12.0. The molecular weight excluding hydrogens is 354 g/mol. The number of halogens is 1. The van der Waals surface area contributed by atoms with Crippen molar-refractivity contribution in [1.82, 2.24) is 5.32 Å². The molecule has 138 valence electrons. The topological polar surface area (TPSA) is 79.5 Å². The minimum absolute atomic E-state index is 0.0689. The maximum absolute atomic E-state index is 12.0. The van der Waals surface area contributed by atoms with Crippen molar-refractivity contribution in [3.63, 3.8) is 0 Å². The molecule has 0 atom stereocenters. The summed E-state index contributed by atoms with van der Waals surface area (Å²) in [7, 11) is 1.54. The van der Waals surface area contributed by atoms with E-state index in [-0.39, 0.29) is 24.4 Å². The van der Waals surface area contributed by atoms with E-state index in [1.807, 2.05) is 13.8 Å². The number of hydrogen-bond donors (Lipinski definition) is 3. The first-order chi connectivity index (χ1) is 12.4. The normalized spacial score (nSPS) is 10.3. The average molecular weight is 376 g/mol. The Morgan fingerprint density at radius 2 is 1.73 bits per heavy atom. The molecule has 0 heterocycles. The predicted molar refractivity (Wildman–Crippen MR) is 104 cm³/mol. The predicted octanol–water partition coefficient (Wildman–Crippen LogP) is 3.54. The molecule has 2 aromatic carbocycles. The lowest BCUT2D eigenvalue weighted by Gasteiger charge is -2.11. The number of amides is 2. The first kappa shape index (κ1) is 19.6. The number of benzene rings is 2. The van der Waals surface area contributed by atoms with Crippen LogP contribution in [0.5, 0.6) is 5.75 Å². The monoisotopic (exact) mass is 375 g/mol. The maximum Gasteiger partial charge on any atom is 0.251 e. The van der Waals surface area contributed by atoms with E-state index < -0.39 is 0 Å². The van der Waals surface area contributed by atoms with E-state index in [1.165, 1.54) is 0 Å². The highest BCUT2D eigenvalue weighted by atomic mass is 35.5. The van der Waals surface area contributed by atoms with Gasteiger partial charge in [0.2, 0.25) is 5.91 Å². The molecular formula is C19H22ClN3O3. The van der Waals surface area contributed by atoms with Gasteiger partial charge in [-0.05, 0) is 56.3 Å². The Balaban J connectivity index is 1.87. The first-order valence-corrected chi connectivity index (χ1v) is 8.55. The van der Waals surface area contributed by atoms with Gasteiger partial charge in [-0.1, -0.05) is 11.6 Å². The minimum atomic E-state index is -0.212. The molecule has 0 aliphatic carbocycles. The fraction of sp³-hybridized carbons (Fsp3) is 0.263. The SMILES string of the molecule is COc1ccc(NCC(=O)Nc2ccc(C(=O)NC(C)C)cc2)cc1Cl. The van der Waals surface area contributed by atoms with Gasteiger partial charge in [-0.15, -0.1) is 0 Å². The number of methoxy groups -OCH3 is 1. The van der Waals surface area contributed by atoms with Gasteiger partial charge in [0.05, 0.1) is 18.7 Å². The van der Waals surface area contributed by atoms with Crippen molar-refractivity contribution >= 4 is 34.8 Å². The number of carbonyl (C=O) groups excluding carboxylic acids is 2. The molecule has 0 aliphatic rings. The number of hydrogen-bond acceptors (Lipinski definition) is 4. The first-order valence-electron chi connectivity index (χ1n) is 8.17. The highest BCUT2D eigenvalue weighted by molar-refractivity contribution is 6.32. The minimum Gasteiger partial charge on any atom is -0.495 e. The average Bonchev–Trinajstić information content (AvgIpc) is 2.60. The van der Waals surface area contributed by atoms with Crippen molar-refractivity contribution in [2.45, 2.75) is 19.9 Å². The smallest absolute Gasteiger partial charge is 0.251 e. The van der Waals surface area contributed by atoms with E-state index in [2.05, 4.69) is 16.0 Å². The fourth-order valence-electron chi connectivity index (χ4n) is 2.21. The second-order valence-corrected chi connectivity index (χ2v) is 6.36. The van der Waals surface area contributed by atoms with Crippen molar-refractivity contribution in [3.8, 4) is 5.75 Å². The summed E-state index contributed by atoms with van der Waals surface area (Å²) in [6.45, 7) is 3.88. The number of rotatable bonds is 7. The molecule has 0 radical (unpaired) electrons. The molecule has 0 spiro atoms. The van der Waals surface area contributed by atoms with Gasteiger partial charge in [-0.2, -0.15) is 0 Å². The zero-order chi connectivity index (χ0) is 19.1. The third-order valence-corrected chi connectivity index (χ3v) is 3.75. The Morgan fingerprint density at radius 1 is 1.08 bits per heavy atom. The highest BCUT2D eigenvalue weighted by Crippen LogP contribution is 2.27. The van der Waals surface area contributed by atoms with E-state index in [9.17, 15) is 9.59 Å². The summed E-state index contributed by atoms with van der Waals surface area (Å²) in [6, 6.07) is 12.0. The molecule has 2 amide bonds. The van der Waals surface area contributed by atoms with E-state index in [4.69, 9.17) is 16.3 Å². The quantitative estimate of drug-likeness (QED) is 0.691. The van der Waals surface area contributed by atoms with Crippen LogP contribution in [-0.4, -0.2) is 31.5 Å². The van der Waals surface area contributed by atoms with Crippen LogP contribution in [0.15, 0.2) is 42.5 Å². The number of nitrogens with one attached hydrogen (secondary N) is 3. The second-order valence-electron chi connectivity index (χ2n) is 5.96. The Labute approximate surface area is 157 Å². The molecule has 26 heavy (non-hydrogen) atoms. The van der Waals surface area contributed by atoms with Crippen molar-refractivity contribution in [3.05, 3.63) is 53.1 Å². The highest BCUT2D eigenvalue weighted by Gasteiger charge is 2.08. The number of anilines is 2. The van der Waals surface area contributed by atoms with Crippen LogP contribution in [0.25, 0.3) is 0 Å². The zero-order valence-corrected chi connectivity index (χ0v) is 15.7. The fourth-order valence-corrected chi connectivity index (χ4v) is 2.47. The van der Waals surface area contributed by atoms with Crippen molar-refractivity contribution in [1.29, 1.82) is 0 Å². The van der Waals surface area contributed by atoms with Crippen LogP contribution in [0.3, 0.4) is 0 Å². The summed E-state index contributed by atoms with van der Waals surface area (Å²) >= 11 is 6.05. The van der Waals surface area contributed by atoms with Gasteiger partial charge >= 0.3 is 0 Å². The zero-order valence-electron chi connectivity index (χ0n) is 14.9. The third-order valence-electron chi connectivity index (χ3n) is 3.46. The summed E-state index contributed by atoms with van der Waals surface area (Å²) in [5.41, 5.74) is 1.88. The molecule has 3 N–H and O–H groups in total. The van der Waals surface area contributed by atoms with E-state index in [0.29, 0.717) is 27.7 Å². The molecule has 2 rings (SSSR count). The van der Waals surface area contributed by atoms with Gasteiger partial charge in [0.1, 0.15) is 5.75 Å². The molecule has 0 aromatic heterocycles. The molecule has 0 saturated carbocycles. The number of carbonyl (C=O) groups is 2. The Bertz CT molecular complexity index is 776. The van der Waals surface area contributed by atoms with Crippen molar-refractivity contribution < 1.29 is 14.3 Å². The van der Waals surface area contributed by atoms with Crippen LogP contribution >= 0.6 is 11.6 Å². The summed E-state index contributed by atoms with van der Waals surface area (Å²) in [6.07, 6.45) is 0. The molecule has 0 fully saturated rings. The van der Waals surface area contributed by atoms with Gasteiger partial charge in [-0.3, -0.25) is 9.59 Å². The summed E-state index contributed by atoms with van der Waals surface area (Å²) in [5.74, 6) is 0.218. The lowest BCUT2D eigenvalue weighted by atomic mass is 10.2. The molecule has 6 nitrogen and oxygen atoms in total. The van der Waals surface area contributed by atoms with Gasteiger partial charge in [0, 0.05) is 23.0 Å². The van der Waals surface area contributed by atoms with Crippen molar-refractivity contribution in [2.75, 3.05) is 24.3 Å². The Morgan fingerprint density at radius 3 is 2.31 bits per heavy atom. The van der Waals surface area contributed by atoms with Crippen LogP contribution in [0.4, 0.5) is 11.4 Å². The van der Waals surface area contributed by atoms with Gasteiger partial charge in [-0.25, -0.2) is 0 Å². The molecule has 0 unspecified atom stereocenters. The van der Waals surface area contributed by atoms with Crippen LogP contribution in [-0.2, 0) is 4.79 Å². The lowest BCUT2D eigenvalue weighted by molar-refractivity contribution is -0.114. The van der Waals surface area contributed by atoms with Gasteiger partial charge in [0.15, 0.2) is 0 Å². The van der Waals surface area contributed by atoms with Crippen LogP contribution in [0.1, 0.15) is 24.2 Å².